The van der Waals surface area contributed by atoms with Crippen LogP contribution in [0.5, 0.6) is 0 Å². The summed E-state index contributed by atoms with van der Waals surface area (Å²) in [6.07, 6.45) is 3.18. The Hall–Kier alpha value is -1.05. The van der Waals surface area contributed by atoms with Gasteiger partial charge in [-0.25, -0.2) is 8.42 Å². The molecular weight excluding hydrogens is 308 g/mol. The number of thioether (sulfide) groups is 1. The molecule has 1 saturated heterocycles. The molecule has 1 amide bonds. The van der Waals surface area contributed by atoms with Crippen molar-refractivity contribution < 1.29 is 13.2 Å². The summed E-state index contributed by atoms with van der Waals surface area (Å²) in [7, 11) is -3.17. The molecule has 116 valence electrons. The molecule has 0 atom stereocenters. The number of benzene rings is 1. The molecular formula is C14H20N2O3S2. The highest BCUT2D eigenvalue weighted by molar-refractivity contribution is 7.98. The molecule has 1 heterocycles. The van der Waals surface area contributed by atoms with E-state index in [2.05, 4.69) is 0 Å². The highest BCUT2D eigenvalue weighted by Crippen LogP contribution is 2.21. The first-order valence-electron chi connectivity index (χ1n) is 6.72. The Labute approximate surface area is 130 Å². The maximum Gasteiger partial charge on any atom is 0.254 e. The lowest BCUT2D eigenvalue weighted by Crippen LogP contribution is -2.50. The number of piperazine rings is 1. The Morgan fingerprint density at radius 2 is 1.81 bits per heavy atom. The SMILES string of the molecule is CSc1ccc(C)c(C(=O)N2CCN(S(C)(=O)=O)CC2)c1. The van der Waals surface area contributed by atoms with Crippen LogP contribution in [0.15, 0.2) is 23.1 Å². The molecule has 1 aliphatic rings. The third-order valence-electron chi connectivity index (χ3n) is 3.67. The van der Waals surface area contributed by atoms with Gasteiger partial charge < -0.3 is 4.90 Å². The second-order valence-corrected chi connectivity index (χ2v) is 8.00. The molecule has 5 nitrogen and oxygen atoms in total. The molecule has 0 aromatic heterocycles. The van der Waals surface area contributed by atoms with E-state index in [1.165, 1.54) is 10.6 Å². The molecule has 1 aliphatic heterocycles. The van der Waals surface area contributed by atoms with E-state index in [-0.39, 0.29) is 5.91 Å². The summed E-state index contributed by atoms with van der Waals surface area (Å²) in [5.41, 5.74) is 1.65. The predicted octanol–water partition coefficient (Wildman–Crippen LogP) is 1.43. The Morgan fingerprint density at radius 1 is 1.19 bits per heavy atom. The van der Waals surface area contributed by atoms with Crippen molar-refractivity contribution in [3.05, 3.63) is 29.3 Å². The van der Waals surface area contributed by atoms with Crippen LogP contribution < -0.4 is 0 Å². The minimum Gasteiger partial charge on any atom is -0.336 e. The predicted molar refractivity (Wildman–Crippen MR) is 85.3 cm³/mol. The number of sulfonamides is 1. The second-order valence-electron chi connectivity index (χ2n) is 5.14. The molecule has 0 bridgehead atoms. The van der Waals surface area contributed by atoms with E-state index in [0.29, 0.717) is 31.7 Å². The van der Waals surface area contributed by atoms with Gasteiger partial charge in [-0.05, 0) is 30.9 Å². The van der Waals surface area contributed by atoms with Crippen LogP contribution in [0.1, 0.15) is 15.9 Å². The van der Waals surface area contributed by atoms with Gasteiger partial charge in [-0.2, -0.15) is 4.31 Å². The summed E-state index contributed by atoms with van der Waals surface area (Å²) in [6.45, 7) is 3.53. The third kappa shape index (κ3) is 3.78. The molecule has 1 aromatic rings. The van der Waals surface area contributed by atoms with Crippen molar-refractivity contribution in [2.45, 2.75) is 11.8 Å². The molecule has 21 heavy (non-hydrogen) atoms. The topological polar surface area (TPSA) is 57.7 Å². The largest absolute Gasteiger partial charge is 0.336 e. The standard InChI is InChI=1S/C14H20N2O3S2/c1-11-4-5-12(20-2)10-13(11)14(17)15-6-8-16(9-7-15)21(3,18)19/h4-5,10H,6-9H2,1-3H3. The first-order chi connectivity index (χ1) is 9.82. The molecule has 0 spiro atoms. The average molecular weight is 328 g/mol. The summed E-state index contributed by atoms with van der Waals surface area (Å²) in [5.74, 6) is -0.0171. The summed E-state index contributed by atoms with van der Waals surface area (Å²) >= 11 is 1.60. The highest BCUT2D eigenvalue weighted by Gasteiger charge is 2.27. The monoisotopic (exact) mass is 328 g/mol. The van der Waals surface area contributed by atoms with E-state index in [4.69, 9.17) is 0 Å². The number of hydrogen-bond donors (Lipinski definition) is 0. The normalized spacial score (nSPS) is 17.0. The zero-order chi connectivity index (χ0) is 15.6. The summed E-state index contributed by atoms with van der Waals surface area (Å²) < 4.78 is 24.4. The van der Waals surface area contributed by atoms with E-state index in [9.17, 15) is 13.2 Å². The maximum absolute atomic E-state index is 12.6. The summed E-state index contributed by atoms with van der Waals surface area (Å²) in [6, 6.07) is 5.86. The van der Waals surface area contributed by atoms with E-state index in [1.54, 1.807) is 16.7 Å². The van der Waals surface area contributed by atoms with E-state index in [1.807, 2.05) is 31.4 Å². The van der Waals surface area contributed by atoms with Crippen LogP contribution in [0.2, 0.25) is 0 Å². The lowest BCUT2D eigenvalue weighted by Gasteiger charge is -2.33. The van der Waals surface area contributed by atoms with Gasteiger partial charge in [-0.3, -0.25) is 4.79 Å². The van der Waals surface area contributed by atoms with E-state index in [0.717, 1.165) is 10.5 Å². The van der Waals surface area contributed by atoms with Crippen molar-refractivity contribution in [1.82, 2.24) is 9.21 Å². The average Bonchev–Trinajstić information content (AvgIpc) is 2.46. The summed E-state index contributed by atoms with van der Waals surface area (Å²) in [4.78, 5) is 15.4. The van der Waals surface area contributed by atoms with Crippen LogP contribution in [0.25, 0.3) is 0 Å². The molecule has 0 N–H and O–H groups in total. The fourth-order valence-electron chi connectivity index (χ4n) is 2.35. The number of nitrogens with zero attached hydrogens (tertiary/aromatic N) is 2. The quantitative estimate of drug-likeness (QED) is 0.788. The molecule has 0 aliphatic carbocycles. The third-order valence-corrected chi connectivity index (χ3v) is 5.70. The first kappa shape index (κ1) is 16.3. The molecule has 1 aromatic carbocycles. The minimum absolute atomic E-state index is 0.0171. The van der Waals surface area contributed by atoms with Crippen LogP contribution in [-0.2, 0) is 10.0 Å². The molecule has 1 fully saturated rings. The van der Waals surface area contributed by atoms with Crippen LogP contribution >= 0.6 is 11.8 Å². The van der Waals surface area contributed by atoms with Crippen LogP contribution in [-0.4, -0.2) is 62.2 Å². The van der Waals surface area contributed by atoms with Gasteiger partial charge >= 0.3 is 0 Å². The van der Waals surface area contributed by atoms with Gasteiger partial charge in [-0.15, -0.1) is 11.8 Å². The zero-order valence-corrected chi connectivity index (χ0v) is 14.1. The van der Waals surface area contributed by atoms with Crippen molar-refractivity contribution in [3.8, 4) is 0 Å². The fourth-order valence-corrected chi connectivity index (χ4v) is 3.62. The van der Waals surface area contributed by atoms with Gasteiger partial charge in [-0.1, -0.05) is 6.07 Å². The Bertz CT molecular complexity index is 636. The number of carbonyl (C=O) groups is 1. The minimum atomic E-state index is -3.17. The number of hydrogen-bond acceptors (Lipinski definition) is 4. The van der Waals surface area contributed by atoms with Crippen molar-refractivity contribution in [1.29, 1.82) is 0 Å². The molecule has 2 rings (SSSR count). The maximum atomic E-state index is 12.6. The molecule has 0 saturated carbocycles. The number of carbonyl (C=O) groups excluding carboxylic acids is 1. The lowest BCUT2D eigenvalue weighted by atomic mass is 10.1. The van der Waals surface area contributed by atoms with Gasteiger partial charge in [0.15, 0.2) is 0 Å². The van der Waals surface area contributed by atoms with Crippen molar-refractivity contribution in [2.24, 2.45) is 0 Å². The second kappa shape index (κ2) is 6.37. The fraction of sp³-hybridized carbons (Fsp3) is 0.500. The molecule has 0 radical (unpaired) electrons. The lowest BCUT2D eigenvalue weighted by molar-refractivity contribution is 0.0697. The first-order valence-corrected chi connectivity index (χ1v) is 9.79. The van der Waals surface area contributed by atoms with Crippen molar-refractivity contribution >= 4 is 27.7 Å². The number of aryl methyl sites for hydroxylation is 1. The Balaban J connectivity index is 2.12. The van der Waals surface area contributed by atoms with Gasteiger partial charge in [0.05, 0.1) is 6.26 Å². The zero-order valence-electron chi connectivity index (χ0n) is 12.5. The van der Waals surface area contributed by atoms with E-state index < -0.39 is 10.0 Å². The van der Waals surface area contributed by atoms with Crippen LogP contribution in [0, 0.1) is 6.92 Å². The van der Waals surface area contributed by atoms with E-state index >= 15 is 0 Å². The van der Waals surface area contributed by atoms with Crippen LogP contribution in [0.4, 0.5) is 0 Å². The molecule has 0 unspecified atom stereocenters. The number of amides is 1. The molecule has 7 heteroatoms. The smallest absolute Gasteiger partial charge is 0.254 e. The Morgan fingerprint density at radius 3 is 2.33 bits per heavy atom. The summed E-state index contributed by atoms with van der Waals surface area (Å²) in [5, 5.41) is 0. The van der Waals surface area contributed by atoms with Gasteiger partial charge in [0, 0.05) is 36.6 Å². The van der Waals surface area contributed by atoms with Gasteiger partial charge in [0.2, 0.25) is 10.0 Å². The van der Waals surface area contributed by atoms with Gasteiger partial charge in [0.1, 0.15) is 0 Å². The van der Waals surface area contributed by atoms with Crippen molar-refractivity contribution in [2.75, 3.05) is 38.7 Å². The van der Waals surface area contributed by atoms with Gasteiger partial charge in [0.25, 0.3) is 5.91 Å². The number of rotatable bonds is 3. The highest BCUT2D eigenvalue weighted by atomic mass is 32.2. The van der Waals surface area contributed by atoms with Crippen LogP contribution in [0.3, 0.4) is 0 Å². The Kier molecular flexibility index (Phi) is 4.95. The van der Waals surface area contributed by atoms with Crippen molar-refractivity contribution in [3.63, 3.8) is 0 Å².